The summed E-state index contributed by atoms with van der Waals surface area (Å²) in [7, 11) is -1.44. The molecular formula is C17H35N5O2S2. The van der Waals surface area contributed by atoms with Crippen molar-refractivity contribution in [1.82, 2.24) is 19.8 Å². The van der Waals surface area contributed by atoms with Gasteiger partial charge in [-0.3, -0.25) is 4.99 Å². The number of guanidine groups is 1. The minimum atomic E-state index is -3.16. The lowest BCUT2D eigenvalue weighted by Gasteiger charge is -2.30. The van der Waals surface area contributed by atoms with Gasteiger partial charge in [-0.2, -0.15) is 11.8 Å². The molecule has 0 aromatic heterocycles. The Bertz CT molecular complexity index is 527. The predicted molar refractivity (Wildman–Crippen MR) is 112 cm³/mol. The third kappa shape index (κ3) is 7.62. The summed E-state index contributed by atoms with van der Waals surface area (Å²) in [6.45, 7) is 8.36. The van der Waals surface area contributed by atoms with Gasteiger partial charge in [-0.25, -0.2) is 12.7 Å². The van der Waals surface area contributed by atoms with Gasteiger partial charge in [0.15, 0.2) is 5.96 Å². The number of nitrogens with one attached hydrogen (secondary N) is 2. The average Bonchev–Trinajstić information content (AvgIpc) is 2.65. The molecule has 26 heavy (non-hydrogen) atoms. The van der Waals surface area contributed by atoms with E-state index in [0.29, 0.717) is 25.6 Å². The van der Waals surface area contributed by atoms with Crippen LogP contribution in [0.25, 0.3) is 0 Å². The predicted octanol–water partition coefficient (Wildman–Crippen LogP) is 0.652. The van der Waals surface area contributed by atoms with E-state index in [1.54, 1.807) is 11.4 Å². The average molecular weight is 406 g/mol. The summed E-state index contributed by atoms with van der Waals surface area (Å²) in [5.74, 6) is 3.45. The Morgan fingerprint density at radius 1 is 1.12 bits per heavy atom. The minimum Gasteiger partial charge on any atom is -0.356 e. The normalized spacial score (nSPS) is 21.7. The Labute approximate surface area is 163 Å². The standard InChI is InChI=1S/C17H35N5O2S2/c1-16-4-9-21(10-5-16)8-3-6-19-17(18-2)20-7-15-26(23,24)22-11-13-25-14-12-22/h16H,3-15H2,1-2H3,(H2,18,19,20). The van der Waals surface area contributed by atoms with Gasteiger partial charge in [0.2, 0.25) is 10.0 Å². The van der Waals surface area contributed by atoms with E-state index in [1.807, 2.05) is 11.8 Å². The Kier molecular flexibility index (Phi) is 9.52. The van der Waals surface area contributed by atoms with E-state index in [9.17, 15) is 8.42 Å². The second kappa shape index (κ2) is 11.4. The maximum Gasteiger partial charge on any atom is 0.215 e. The van der Waals surface area contributed by atoms with Crippen LogP contribution >= 0.6 is 11.8 Å². The molecule has 2 N–H and O–H groups in total. The molecule has 0 saturated carbocycles. The molecule has 2 heterocycles. The van der Waals surface area contributed by atoms with E-state index in [0.717, 1.165) is 36.9 Å². The fourth-order valence-corrected chi connectivity index (χ4v) is 5.76. The maximum absolute atomic E-state index is 12.3. The molecule has 7 nitrogen and oxygen atoms in total. The van der Waals surface area contributed by atoms with E-state index in [2.05, 4.69) is 27.4 Å². The molecule has 2 fully saturated rings. The molecule has 0 radical (unpaired) electrons. The molecule has 0 unspecified atom stereocenters. The fraction of sp³-hybridized carbons (Fsp3) is 0.941. The third-order valence-corrected chi connectivity index (χ3v) is 7.87. The van der Waals surface area contributed by atoms with Gasteiger partial charge >= 0.3 is 0 Å². The fourth-order valence-electron chi connectivity index (χ4n) is 3.27. The van der Waals surface area contributed by atoms with Gasteiger partial charge in [-0.1, -0.05) is 6.92 Å². The number of rotatable bonds is 8. The molecule has 2 aliphatic heterocycles. The molecular weight excluding hydrogens is 370 g/mol. The molecule has 0 aromatic rings. The van der Waals surface area contributed by atoms with Crippen molar-refractivity contribution >= 4 is 27.7 Å². The van der Waals surface area contributed by atoms with E-state index in [-0.39, 0.29) is 5.75 Å². The smallest absolute Gasteiger partial charge is 0.215 e. The summed E-state index contributed by atoms with van der Waals surface area (Å²) in [5.41, 5.74) is 0. The lowest BCUT2D eigenvalue weighted by Crippen LogP contribution is -2.44. The summed E-state index contributed by atoms with van der Waals surface area (Å²) >= 11 is 1.81. The molecule has 0 spiro atoms. The molecule has 2 aliphatic rings. The number of piperidine rings is 1. The van der Waals surface area contributed by atoms with E-state index in [1.165, 1.54) is 25.9 Å². The van der Waals surface area contributed by atoms with Gasteiger partial charge in [-0.05, 0) is 44.8 Å². The van der Waals surface area contributed by atoms with Gasteiger partial charge in [0, 0.05) is 44.7 Å². The van der Waals surface area contributed by atoms with Crippen LogP contribution in [0.4, 0.5) is 0 Å². The van der Waals surface area contributed by atoms with E-state index in [4.69, 9.17) is 0 Å². The molecule has 0 aromatic carbocycles. The zero-order valence-electron chi connectivity index (χ0n) is 16.2. The molecule has 2 rings (SSSR count). The Hall–Kier alpha value is -0.510. The summed E-state index contributed by atoms with van der Waals surface area (Å²) in [5, 5.41) is 6.41. The molecule has 0 bridgehead atoms. The third-order valence-electron chi connectivity index (χ3n) is 5.06. The quantitative estimate of drug-likeness (QED) is 0.351. The molecule has 2 saturated heterocycles. The van der Waals surface area contributed by atoms with E-state index < -0.39 is 10.0 Å². The zero-order chi connectivity index (χ0) is 18.8. The largest absolute Gasteiger partial charge is 0.356 e. The number of aliphatic imine (C=N–C) groups is 1. The van der Waals surface area contributed by atoms with Crippen molar-refractivity contribution in [2.75, 3.05) is 70.1 Å². The van der Waals surface area contributed by atoms with Crippen molar-refractivity contribution in [3.05, 3.63) is 0 Å². The lowest BCUT2D eigenvalue weighted by atomic mass is 9.99. The second-order valence-electron chi connectivity index (χ2n) is 7.13. The van der Waals surface area contributed by atoms with Crippen LogP contribution in [-0.4, -0.2) is 93.7 Å². The summed E-state index contributed by atoms with van der Waals surface area (Å²) in [6, 6.07) is 0. The van der Waals surface area contributed by atoms with Crippen LogP contribution in [0, 0.1) is 5.92 Å². The van der Waals surface area contributed by atoms with Gasteiger partial charge in [0.25, 0.3) is 0 Å². The van der Waals surface area contributed by atoms with Crippen molar-refractivity contribution in [2.45, 2.75) is 26.2 Å². The molecule has 0 aliphatic carbocycles. The SMILES string of the molecule is CN=C(NCCCN1CCC(C)CC1)NCCS(=O)(=O)N1CCSCC1. The first-order valence-electron chi connectivity index (χ1n) is 9.73. The number of likely N-dealkylation sites (tertiary alicyclic amines) is 1. The van der Waals surface area contributed by atoms with Crippen LogP contribution in [0.5, 0.6) is 0 Å². The van der Waals surface area contributed by atoms with Crippen LogP contribution in [0.1, 0.15) is 26.2 Å². The Balaban J connectivity index is 1.58. The summed E-state index contributed by atoms with van der Waals surface area (Å²) in [6.07, 6.45) is 3.68. The van der Waals surface area contributed by atoms with Crippen molar-refractivity contribution < 1.29 is 8.42 Å². The maximum atomic E-state index is 12.3. The summed E-state index contributed by atoms with van der Waals surface area (Å²) < 4.78 is 26.3. The number of hydrogen-bond donors (Lipinski definition) is 2. The highest BCUT2D eigenvalue weighted by Crippen LogP contribution is 2.15. The van der Waals surface area contributed by atoms with E-state index >= 15 is 0 Å². The lowest BCUT2D eigenvalue weighted by molar-refractivity contribution is 0.191. The highest BCUT2D eigenvalue weighted by atomic mass is 32.2. The van der Waals surface area contributed by atoms with Crippen molar-refractivity contribution in [3.8, 4) is 0 Å². The first-order valence-corrected chi connectivity index (χ1v) is 12.5. The van der Waals surface area contributed by atoms with Gasteiger partial charge in [0.1, 0.15) is 0 Å². The highest BCUT2D eigenvalue weighted by molar-refractivity contribution is 7.99. The second-order valence-corrected chi connectivity index (χ2v) is 10.4. The Morgan fingerprint density at radius 3 is 2.42 bits per heavy atom. The number of thioether (sulfide) groups is 1. The van der Waals surface area contributed by atoms with Crippen LogP contribution in [0.15, 0.2) is 4.99 Å². The van der Waals surface area contributed by atoms with Gasteiger partial charge in [-0.15, -0.1) is 0 Å². The minimum absolute atomic E-state index is 0.115. The molecule has 9 heteroatoms. The first-order chi connectivity index (χ1) is 12.5. The van der Waals surface area contributed by atoms with Crippen LogP contribution in [0.2, 0.25) is 0 Å². The van der Waals surface area contributed by atoms with Gasteiger partial charge < -0.3 is 15.5 Å². The van der Waals surface area contributed by atoms with Crippen LogP contribution in [0.3, 0.4) is 0 Å². The molecule has 0 amide bonds. The van der Waals surface area contributed by atoms with Crippen molar-refractivity contribution in [1.29, 1.82) is 0 Å². The number of nitrogens with zero attached hydrogens (tertiary/aromatic N) is 3. The zero-order valence-corrected chi connectivity index (χ0v) is 17.9. The van der Waals surface area contributed by atoms with Gasteiger partial charge in [0.05, 0.1) is 5.75 Å². The molecule has 0 atom stereocenters. The first kappa shape index (κ1) is 21.8. The Morgan fingerprint density at radius 2 is 1.77 bits per heavy atom. The number of hydrogen-bond acceptors (Lipinski definition) is 5. The van der Waals surface area contributed by atoms with Crippen molar-refractivity contribution in [3.63, 3.8) is 0 Å². The topological polar surface area (TPSA) is 77.0 Å². The summed E-state index contributed by atoms with van der Waals surface area (Å²) in [4.78, 5) is 6.71. The monoisotopic (exact) mass is 405 g/mol. The van der Waals surface area contributed by atoms with Crippen molar-refractivity contribution in [2.24, 2.45) is 10.9 Å². The van der Waals surface area contributed by atoms with Crippen LogP contribution < -0.4 is 10.6 Å². The number of sulfonamides is 1. The molecule has 152 valence electrons. The van der Waals surface area contributed by atoms with Crippen LogP contribution in [-0.2, 0) is 10.0 Å². The highest BCUT2D eigenvalue weighted by Gasteiger charge is 2.23.